The van der Waals surface area contributed by atoms with Crippen molar-refractivity contribution in [3.8, 4) is 0 Å². The minimum Gasteiger partial charge on any atom is -0.480 e. The lowest BCUT2D eigenvalue weighted by Gasteiger charge is -2.37. The van der Waals surface area contributed by atoms with Crippen molar-refractivity contribution in [1.29, 1.82) is 0 Å². The standard InChI is InChI=1S/C53H84N12O17/c1-32(2)40(31-80-30-37(49(73)64-23-15-13-17-39(64)50(74)75)58-51(76)81-29-34-18-20-35(21-19-34)65(78)79)61(10)43(68)27-60(9)42(67)26-56-46(70)38-16-12-14-22-63(38)48(72)36(57-52(77)82-53(5,6)7)25-55-47(71)45(33(3)4)62(11)44(69)28-59(8)41(66)24-54/h18-21,32-33,36-40,45H,12-17,22-31,54H2,1-11H3,(H,55,71)(H,56,70)(H,57,77)(H,58,76)(H,74,75)/t36-,37-,38+,39+,40-,45+/m1/s1. The molecule has 2 aliphatic rings. The van der Waals surface area contributed by atoms with Gasteiger partial charge in [0.15, 0.2) is 0 Å². The highest BCUT2D eigenvalue weighted by Crippen LogP contribution is 2.22. The Balaban J connectivity index is 1.69. The van der Waals surface area contributed by atoms with Gasteiger partial charge in [0.25, 0.3) is 5.69 Å². The Morgan fingerprint density at radius 3 is 1.79 bits per heavy atom. The number of nitrogens with two attached hydrogens (primary N) is 1. The van der Waals surface area contributed by atoms with Crippen LogP contribution in [-0.4, -0.2) is 234 Å². The number of carbonyl (C=O) groups excluding carboxylic acids is 10. The molecule has 7 N–H and O–H groups in total. The number of non-ortho nitro benzene ring substituents is 1. The normalized spacial score (nSPS) is 16.8. The Bertz CT molecular complexity index is 2440. The second-order valence-corrected chi connectivity index (χ2v) is 22.0. The van der Waals surface area contributed by atoms with E-state index in [-0.39, 0.29) is 63.8 Å². The summed E-state index contributed by atoms with van der Waals surface area (Å²) in [6.07, 6.45) is 0.430. The largest absolute Gasteiger partial charge is 0.480 e. The van der Waals surface area contributed by atoms with Crippen molar-refractivity contribution in [3.05, 3.63) is 39.9 Å². The summed E-state index contributed by atoms with van der Waals surface area (Å²) in [5.74, 6) is -7.03. The average molecular weight is 1160 g/mol. The number of aliphatic carboxylic acids is 1. The first-order valence-corrected chi connectivity index (χ1v) is 27.2. The fourth-order valence-corrected chi connectivity index (χ4v) is 9.20. The summed E-state index contributed by atoms with van der Waals surface area (Å²) >= 11 is 0. The molecule has 0 radical (unpaired) electrons. The second-order valence-electron chi connectivity index (χ2n) is 22.0. The molecule has 3 rings (SSSR count). The summed E-state index contributed by atoms with van der Waals surface area (Å²) in [4.78, 5) is 164. The smallest absolute Gasteiger partial charge is 0.408 e. The number of ether oxygens (including phenoxy) is 3. The van der Waals surface area contributed by atoms with Gasteiger partial charge in [-0.3, -0.25) is 48.5 Å². The van der Waals surface area contributed by atoms with Gasteiger partial charge in [0.1, 0.15) is 42.4 Å². The van der Waals surface area contributed by atoms with Crippen LogP contribution in [0.25, 0.3) is 0 Å². The van der Waals surface area contributed by atoms with E-state index < -0.39 is 144 Å². The number of piperidine rings is 2. The van der Waals surface area contributed by atoms with Crippen molar-refractivity contribution in [1.82, 2.24) is 50.7 Å². The van der Waals surface area contributed by atoms with Crippen molar-refractivity contribution >= 4 is 71.1 Å². The number of likely N-dealkylation sites (N-methyl/N-ethyl adjacent to an activating group) is 4. The topological polar surface area (TPSA) is 372 Å². The first-order valence-electron chi connectivity index (χ1n) is 27.2. The minimum absolute atomic E-state index is 0.0729. The van der Waals surface area contributed by atoms with E-state index in [4.69, 9.17) is 19.9 Å². The lowest BCUT2D eigenvalue weighted by molar-refractivity contribution is -0.384. The second kappa shape index (κ2) is 32.1. The molecule has 458 valence electrons. The fraction of sp³-hybridized carbons (Fsp3) is 0.679. The van der Waals surface area contributed by atoms with Crippen molar-refractivity contribution in [2.75, 3.05) is 87.2 Å². The summed E-state index contributed by atoms with van der Waals surface area (Å²) in [7, 11) is 5.63. The van der Waals surface area contributed by atoms with E-state index >= 15 is 0 Å². The quantitative estimate of drug-likeness (QED) is 0.0499. The molecule has 0 aromatic heterocycles. The number of nitrogens with one attached hydrogen (secondary N) is 4. The molecule has 0 aliphatic carbocycles. The number of hydrogen-bond acceptors (Lipinski definition) is 17. The van der Waals surface area contributed by atoms with E-state index in [0.717, 1.165) is 14.7 Å². The van der Waals surface area contributed by atoms with Crippen LogP contribution >= 0.6 is 0 Å². The van der Waals surface area contributed by atoms with Gasteiger partial charge in [0.05, 0.1) is 50.4 Å². The number of nitrogens with zero attached hydrogens (tertiary/aromatic N) is 7. The van der Waals surface area contributed by atoms with Gasteiger partial charge in [-0.1, -0.05) is 27.7 Å². The van der Waals surface area contributed by atoms with E-state index in [9.17, 15) is 68.0 Å². The zero-order valence-corrected chi connectivity index (χ0v) is 48.9. The van der Waals surface area contributed by atoms with Gasteiger partial charge in [-0.05, 0) is 88.8 Å². The molecular weight excluding hydrogens is 1080 g/mol. The van der Waals surface area contributed by atoms with Crippen LogP contribution < -0.4 is 27.0 Å². The molecule has 29 heteroatoms. The Morgan fingerprint density at radius 2 is 1.26 bits per heavy atom. The number of benzene rings is 1. The van der Waals surface area contributed by atoms with Gasteiger partial charge in [-0.2, -0.15) is 0 Å². The van der Waals surface area contributed by atoms with Crippen molar-refractivity contribution in [2.24, 2.45) is 17.6 Å². The molecule has 0 spiro atoms. The van der Waals surface area contributed by atoms with Crippen molar-refractivity contribution in [3.63, 3.8) is 0 Å². The van der Waals surface area contributed by atoms with Crippen LogP contribution in [0.5, 0.6) is 0 Å². The molecule has 10 amide bonds. The van der Waals surface area contributed by atoms with Gasteiger partial charge < -0.3 is 75.7 Å². The SMILES string of the molecule is CC(C)[C@@H](COC[C@@H](NC(=O)OCc1ccc([N+](=O)[O-])cc1)C(=O)N1CCCC[C@H]1C(=O)O)N(C)C(=O)CN(C)C(=O)CNC(=O)[C@@H]1CCCCN1C(=O)[C@@H](CNC(=O)[C@H](C(C)C)N(C)C(=O)CN(C)C(=O)CN)NC(=O)OC(C)(C)C. The lowest BCUT2D eigenvalue weighted by atomic mass is 9.99. The Labute approximate surface area is 477 Å². The third-order valence-electron chi connectivity index (χ3n) is 13.9. The van der Waals surface area contributed by atoms with Crippen LogP contribution in [-0.2, 0) is 64.0 Å². The van der Waals surface area contributed by atoms with E-state index in [1.807, 2.05) is 0 Å². The third-order valence-corrected chi connectivity index (χ3v) is 13.9. The molecule has 2 fully saturated rings. The molecule has 29 nitrogen and oxygen atoms in total. The number of nitro benzene ring substituents is 1. The molecule has 6 atom stereocenters. The summed E-state index contributed by atoms with van der Waals surface area (Å²) in [6, 6.07) is -1.64. The highest BCUT2D eigenvalue weighted by atomic mass is 16.6. The van der Waals surface area contributed by atoms with Crippen LogP contribution in [0, 0.1) is 22.0 Å². The lowest BCUT2D eigenvalue weighted by Crippen LogP contribution is -2.61. The predicted molar refractivity (Wildman–Crippen MR) is 294 cm³/mol. The molecule has 2 aliphatic heterocycles. The molecule has 1 aromatic carbocycles. The van der Waals surface area contributed by atoms with Crippen LogP contribution in [0.2, 0.25) is 0 Å². The number of amides is 10. The maximum Gasteiger partial charge on any atom is 0.408 e. The third kappa shape index (κ3) is 21.0. The van der Waals surface area contributed by atoms with Gasteiger partial charge in [-0.25, -0.2) is 14.4 Å². The number of hydrogen-bond donors (Lipinski definition) is 6. The van der Waals surface area contributed by atoms with Gasteiger partial charge in [0, 0.05) is 60.0 Å². The first-order chi connectivity index (χ1) is 38.4. The first kappa shape index (κ1) is 68.6. The molecular formula is C53H84N12O17. The zero-order valence-electron chi connectivity index (χ0n) is 48.9. The number of carboxylic acid groups (broad SMARTS) is 1. The zero-order chi connectivity index (χ0) is 61.8. The van der Waals surface area contributed by atoms with Gasteiger partial charge in [0.2, 0.25) is 47.3 Å². The Kier molecular flexibility index (Phi) is 26.8. The van der Waals surface area contributed by atoms with Gasteiger partial charge >= 0.3 is 18.2 Å². The van der Waals surface area contributed by atoms with Crippen LogP contribution in [0.4, 0.5) is 15.3 Å². The number of carboxylic acids is 1. The Morgan fingerprint density at radius 1 is 0.720 bits per heavy atom. The van der Waals surface area contributed by atoms with E-state index in [1.54, 1.807) is 48.5 Å². The highest BCUT2D eigenvalue weighted by molar-refractivity contribution is 5.95. The molecule has 1 aromatic rings. The van der Waals surface area contributed by atoms with Crippen molar-refractivity contribution in [2.45, 2.75) is 135 Å². The van der Waals surface area contributed by atoms with E-state index in [2.05, 4.69) is 21.3 Å². The maximum atomic E-state index is 14.4. The van der Waals surface area contributed by atoms with Crippen LogP contribution in [0.3, 0.4) is 0 Å². The number of carbonyl (C=O) groups is 11. The number of nitro groups is 1. The molecule has 2 saturated heterocycles. The van der Waals surface area contributed by atoms with E-state index in [1.165, 1.54) is 67.2 Å². The molecule has 0 saturated carbocycles. The molecule has 82 heavy (non-hydrogen) atoms. The summed E-state index contributed by atoms with van der Waals surface area (Å²) in [5.41, 5.74) is 4.69. The summed E-state index contributed by atoms with van der Waals surface area (Å²) < 4.78 is 16.7. The number of likely N-dealkylation sites (tertiary alicyclic amines) is 2. The average Bonchev–Trinajstić information content (AvgIpc) is 3.45. The molecule has 0 bridgehead atoms. The summed E-state index contributed by atoms with van der Waals surface area (Å²) in [5, 5.41) is 31.1. The number of alkyl carbamates (subject to hydrolysis) is 2. The minimum atomic E-state index is -1.47. The number of rotatable bonds is 27. The maximum absolute atomic E-state index is 14.4. The van der Waals surface area contributed by atoms with E-state index in [0.29, 0.717) is 31.2 Å². The Hall–Kier alpha value is -7.69. The van der Waals surface area contributed by atoms with Crippen LogP contribution in [0.15, 0.2) is 24.3 Å². The predicted octanol–water partition coefficient (Wildman–Crippen LogP) is 0.0202. The molecule has 2 heterocycles. The summed E-state index contributed by atoms with van der Waals surface area (Å²) in [6.45, 7) is 8.89. The molecule has 0 unspecified atom stereocenters. The fourth-order valence-electron chi connectivity index (χ4n) is 9.20. The van der Waals surface area contributed by atoms with Crippen molar-refractivity contribution < 1.29 is 77.0 Å². The van der Waals surface area contributed by atoms with Crippen LogP contribution in [0.1, 0.15) is 92.6 Å². The highest BCUT2D eigenvalue weighted by Gasteiger charge is 2.40. The monoisotopic (exact) mass is 1160 g/mol. The van der Waals surface area contributed by atoms with Gasteiger partial charge in [-0.15, -0.1) is 0 Å².